The normalized spacial score (nSPS) is 21.0. The zero-order chi connectivity index (χ0) is 13.1. The fraction of sp³-hybridized carbons (Fsp3) is 1.00. The molecule has 0 heterocycles. The lowest BCUT2D eigenvalue weighted by molar-refractivity contribution is 0.0232. The number of hydrogen-bond acceptors (Lipinski definition) is 3. The molecule has 0 saturated heterocycles. The molecular weight excluding hydrogens is 228 g/mol. The van der Waals surface area contributed by atoms with Gasteiger partial charge in [0, 0.05) is 18.6 Å². The minimum absolute atomic E-state index is 0.451. The quantitative estimate of drug-likeness (QED) is 0.701. The van der Waals surface area contributed by atoms with Crippen molar-refractivity contribution >= 4 is 12.6 Å². The van der Waals surface area contributed by atoms with Gasteiger partial charge in [-0.15, -0.1) is 0 Å². The summed E-state index contributed by atoms with van der Waals surface area (Å²) in [6, 6.07) is 0. The second-order valence-corrected chi connectivity index (χ2v) is 6.72. The summed E-state index contributed by atoms with van der Waals surface area (Å²) < 4.78 is 0. The van der Waals surface area contributed by atoms with Crippen LogP contribution in [0.5, 0.6) is 0 Å². The molecule has 0 aromatic rings. The Labute approximate surface area is 113 Å². The van der Waals surface area contributed by atoms with E-state index in [9.17, 15) is 0 Å². The molecule has 102 valence electrons. The van der Waals surface area contributed by atoms with E-state index < -0.39 is 0 Å². The lowest BCUT2D eigenvalue weighted by Crippen LogP contribution is -2.57. The van der Waals surface area contributed by atoms with Crippen LogP contribution in [0.25, 0.3) is 0 Å². The van der Waals surface area contributed by atoms with Crippen molar-refractivity contribution in [1.82, 2.24) is 9.80 Å². The highest BCUT2D eigenvalue weighted by Gasteiger charge is 2.39. The number of thiol groups is 1. The number of nitrogens with zero attached hydrogens (tertiary/aromatic N) is 2. The minimum Gasteiger partial charge on any atom is -0.304 e. The highest BCUT2D eigenvalue weighted by molar-refractivity contribution is 7.80. The maximum atomic E-state index is 4.48. The Morgan fingerprint density at radius 2 is 1.76 bits per heavy atom. The number of hydrogen-bond donors (Lipinski definition) is 1. The van der Waals surface area contributed by atoms with Crippen LogP contribution in [0.4, 0.5) is 0 Å². The first kappa shape index (κ1) is 15.3. The molecule has 1 rings (SSSR count). The summed E-state index contributed by atoms with van der Waals surface area (Å²) in [6.45, 7) is 6.99. The molecule has 1 fully saturated rings. The molecule has 0 aromatic heterocycles. The van der Waals surface area contributed by atoms with Gasteiger partial charge >= 0.3 is 0 Å². The predicted octanol–water partition coefficient (Wildman–Crippen LogP) is 2.60. The summed E-state index contributed by atoms with van der Waals surface area (Å²) in [5.41, 5.74) is 0.451. The van der Waals surface area contributed by atoms with Gasteiger partial charge in [-0.25, -0.2) is 0 Å². The van der Waals surface area contributed by atoms with Crippen LogP contribution in [0.1, 0.15) is 33.1 Å². The summed E-state index contributed by atoms with van der Waals surface area (Å²) >= 11 is 4.48. The molecule has 1 aliphatic carbocycles. The van der Waals surface area contributed by atoms with Crippen LogP contribution >= 0.6 is 12.6 Å². The van der Waals surface area contributed by atoms with E-state index in [4.69, 9.17) is 0 Å². The SMILES string of the molecule is CC(C)C(CS)CN(C)CC1(N(C)C)CCC1. The molecule has 0 aromatic carbocycles. The van der Waals surface area contributed by atoms with Crippen LogP contribution in [0.3, 0.4) is 0 Å². The maximum Gasteiger partial charge on any atom is 0.0330 e. The first-order chi connectivity index (χ1) is 7.91. The summed E-state index contributed by atoms with van der Waals surface area (Å²) in [5.74, 6) is 2.44. The Bertz CT molecular complexity index is 224. The monoisotopic (exact) mass is 258 g/mol. The minimum atomic E-state index is 0.451. The zero-order valence-electron chi connectivity index (χ0n) is 12.2. The van der Waals surface area contributed by atoms with Crippen molar-refractivity contribution in [3.05, 3.63) is 0 Å². The van der Waals surface area contributed by atoms with Gasteiger partial charge < -0.3 is 9.80 Å². The van der Waals surface area contributed by atoms with Crippen LogP contribution in [0.2, 0.25) is 0 Å². The Balaban J connectivity index is 2.45. The molecule has 0 aliphatic heterocycles. The van der Waals surface area contributed by atoms with E-state index in [2.05, 4.69) is 57.4 Å². The van der Waals surface area contributed by atoms with Crippen molar-refractivity contribution in [2.24, 2.45) is 11.8 Å². The topological polar surface area (TPSA) is 6.48 Å². The van der Waals surface area contributed by atoms with Gasteiger partial charge in [0.15, 0.2) is 0 Å². The van der Waals surface area contributed by atoms with E-state index in [1.165, 1.54) is 32.4 Å². The van der Waals surface area contributed by atoms with E-state index in [0.29, 0.717) is 11.5 Å². The van der Waals surface area contributed by atoms with E-state index in [1.807, 2.05) is 0 Å². The molecule has 0 bridgehead atoms. The molecule has 1 aliphatic rings. The molecule has 1 saturated carbocycles. The summed E-state index contributed by atoms with van der Waals surface area (Å²) in [5, 5.41) is 0. The van der Waals surface area contributed by atoms with Gasteiger partial charge in [-0.3, -0.25) is 0 Å². The van der Waals surface area contributed by atoms with Crippen molar-refractivity contribution in [2.75, 3.05) is 40.0 Å². The van der Waals surface area contributed by atoms with E-state index in [-0.39, 0.29) is 0 Å². The fourth-order valence-electron chi connectivity index (χ4n) is 2.78. The third-order valence-electron chi connectivity index (χ3n) is 4.52. The lowest BCUT2D eigenvalue weighted by Gasteiger charge is -2.49. The van der Waals surface area contributed by atoms with Gasteiger partial charge in [0.25, 0.3) is 0 Å². The van der Waals surface area contributed by atoms with Crippen molar-refractivity contribution in [3.8, 4) is 0 Å². The molecule has 0 N–H and O–H groups in total. The first-order valence-electron chi connectivity index (χ1n) is 6.88. The molecular formula is C14H30N2S. The van der Waals surface area contributed by atoms with Crippen LogP contribution in [0, 0.1) is 11.8 Å². The third kappa shape index (κ3) is 3.87. The van der Waals surface area contributed by atoms with Crippen LogP contribution in [0.15, 0.2) is 0 Å². The Hall–Kier alpha value is 0.270. The lowest BCUT2D eigenvalue weighted by atomic mass is 9.75. The molecule has 0 radical (unpaired) electrons. The zero-order valence-corrected chi connectivity index (χ0v) is 13.1. The van der Waals surface area contributed by atoms with E-state index >= 15 is 0 Å². The average Bonchev–Trinajstić information content (AvgIpc) is 2.18. The molecule has 2 nitrogen and oxygen atoms in total. The first-order valence-corrected chi connectivity index (χ1v) is 7.51. The average molecular weight is 258 g/mol. The Kier molecular flexibility index (Phi) is 5.81. The fourth-order valence-corrected chi connectivity index (χ4v) is 3.32. The summed E-state index contributed by atoms with van der Waals surface area (Å²) in [6.07, 6.45) is 4.11. The number of likely N-dealkylation sites (N-methyl/N-ethyl adjacent to an activating group) is 2. The molecule has 1 atom stereocenters. The van der Waals surface area contributed by atoms with Crippen molar-refractivity contribution in [3.63, 3.8) is 0 Å². The smallest absolute Gasteiger partial charge is 0.0330 e. The van der Waals surface area contributed by atoms with Gasteiger partial charge in [0.2, 0.25) is 0 Å². The van der Waals surface area contributed by atoms with Crippen LogP contribution < -0.4 is 0 Å². The van der Waals surface area contributed by atoms with Gasteiger partial charge in [-0.05, 0) is 58.0 Å². The molecule has 17 heavy (non-hydrogen) atoms. The summed E-state index contributed by atoms with van der Waals surface area (Å²) in [7, 11) is 6.72. The van der Waals surface area contributed by atoms with E-state index in [1.54, 1.807) is 0 Å². The van der Waals surface area contributed by atoms with Crippen LogP contribution in [-0.4, -0.2) is 55.3 Å². The largest absolute Gasteiger partial charge is 0.304 e. The predicted molar refractivity (Wildman–Crippen MR) is 79.9 cm³/mol. The Morgan fingerprint density at radius 3 is 2.06 bits per heavy atom. The van der Waals surface area contributed by atoms with Crippen molar-refractivity contribution in [1.29, 1.82) is 0 Å². The second-order valence-electron chi connectivity index (χ2n) is 6.36. The maximum absolute atomic E-state index is 4.48. The molecule has 0 spiro atoms. The third-order valence-corrected chi connectivity index (χ3v) is 4.99. The highest BCUT2D eigenvalue weighted by atomic mass is 32.1. The van der Waals surface area contributed by atoms with Gasteiger partial charge in [-0.1, -0.05) is 13.8 Å². The molecule has 1 unspecified atom stereocenters. The number of rotatable bonds is 7. The Morgan fingerprint density at radius 1 is 1.18 bits per heavy atom. The van der Waals surface area contributed by atoms with Crippen molar-refractivity contribution in [2.45, 2.75) is 38.6 Å². The van der Waals surface area contributed by atoms with Gasteiger partial charge in [-0.2, -0.15) is 12.6 Å². The highest BCUT2D eigenvalue weighted by Crippen LogP contribution is 2.36. The summed E-state index contributed by atoms with van der Waals surface area (Å²) in [4.78, 5) is 4.94. The van der Waals surface area contributed by atoms with Gasteiger partial charge in [0.1, 0.15) is 0 Å². The molecule has 0 amide bonds. The molecule has 3 heteroatoms. The van der Waals surface area contributed by atoms with E-state index in [0.717, 1.165) is 11.7 Å². The van der Waals surface area contributed by atoms with Crippen LogP contribution in [-0.2, 0) is 0 Å². The van der Waals surface area contributed by atoms with Crippen molar-refractivity contribution < 1.29 is 0 Å². The van der Waals surface area contributed by atoms with Gasteiger partial charge in [0.05, 0.1) is 0 Å². The second kappa shape index (κ2) is 6.44. The standard InChI is InChI=1S/C14H30N2S/c1-12(2)13(10-17)9-16(5)11-14(15(3)4)7-6-8-14/h12-13,17H,6-11H2,1-5H3.